The lowest BCUT2D eigenvalue weighted by molar-refractivity contribution is 0.562. The van der Waals surface area contributed by atoms with Crippen LogP contribution in [-0.4, -0.2) is 39.6 Å². The van der Waals surface area contributed by atoms with Crippen molar-refractivity contribution >= 4 is 11.5 Å². The first-order valence-electron chi connectivity index (χ1n) is 10.2. The Morgan fingerprint density at radius 3 is 2.69 bits per heavy atom. The Bertz CT molecular complexity index is 1020. The minimum absolute atomic E-state index is 0.0252. The molecule has 1 atom stereocenters. The average molecular weight is 390 g/mol. The smallest absolute Gasteiger partial charge is 0.216 e. The van der Waals surface area contributed by atoms with E-state index < -0.39 is 5.95 Å². The van der Waals surface area contributed by atoms with Gasteiger partial charge >= 0.3 is 0 Å². The largest absolute Gasteiger partial charge is 0.371 e. The van der Waals surface area contributed by atoms with Crippen LogP contribution in [0.2, 0.25) is 0 Å². The lowest BCUT2D eigenvalue weighted by Gasteiger charge is -2.36. The molecule has 0 N–H and O–H groups in total. The number of halogens is 1. The van der Waals surface area contributed by atoms with Crippen LogP contribution in [-0.2, 0) is 6.42 Å². The van der Waals surface area contributed by atoms with Gasteiger partial charge in [-0.25, -0.2) is 15.0 Å². The number of fused-ring (bicyclic) bond motifs is 1. The van der Waals surface area contributed by atoms with Gasteiger partial charge in [0, 0.05) is 61.8 Å². The molecule has 0 saturated carbocycles. The number of hydrogen-bond donors (Lipinski definition) is 0. The molecule has 6 nitrogen and oxygen atoms in total. The van der Waals surface area contributed by atoms with Crippen molar-refractivity contribution in [1.29, 1.82) is 0 Å². The van der Waals surface area contributed by atoms with Crippen LogP contribution in [0.5, 0.6) is 0 Å². The molecule has 0 aliphatic carbocycles. The Hall–Kier alpha value is -3.09. The number of anilines is 2. The van der Waals surface area contributed by atoms with E-state index in [9.17, 15) is 4.39 Å². The monoisotopic (exact) mass is 390 g/mol. The van der Waals surface area contributed by atoms with Gasteiger partial charge in [0.25, 0.3) is 0 Å². The summed E-state index contributed by atoms with van der Waals surface area (Å²) in [6.45, 7) is 4.80. The third-order valence-electron chi connectivity index (χ3n) is 5.83. The van der Waals surface area contributed by atoms with Crippen LogP contribution in [0, 0.1) is 5.95 Å². The summed E-state index contributed by atoms with van der Waals surface area (Å²) in [7, 11) is 0. The fraction of sp³-hybridized carbons (Fsp3) is 0.364. The topological polar surface area (TPSA) is 58.0 Å². The van der Waals surface area contributed by atoms with Crippen molar-refractivity contribution < 1.29 is 4.39 Å². The standard InChI is InChI=1S/C22H23FN6/c1-15-17-14-25-22(19-6-2-3-8-24-19)26-18(17)7-11-29(15)21-13-16(12-20(23)27-21)28-9-4-5-10-28/h2-3,6,8,12-15H,4-5,7,9-11H2,1H3. The van der Waals surface area contributed by atoms with E-state index in [0.29, 0.717) is 11.6 Å². The Morgan fingerprint density at radius 1 is 1.03 bits per heavy atom. The third-order valence-corrected chi connectivity index (χ3v) is 5.83. The van der Waals surface area contributed by atoms with E-state index >= 15 is 0 Å². The zero-order valence-electron chi connectivity index (χ0n) is 16.4. The Balaban J connectivity index is 1.45. The lowest BCUT2D eigenvalue weighted by Crippen LogP contribution is -2.35. The molecule has 1 fully saturated rings. The number of aromatic nitrogens is 4. The normalized spacial score (nSPS) is 18.8. The molecule has 5 rings (SSSR count). The van der Waals surface area contributed by atoms with E-state index in [1.54, 1.807) is 12.3 Å². The first kappa shape index (κ1) is 18.0. The summed E-state index contributed by atoms with van der Waals surface area (Å²) in [5, 5.41) is 0. The van der Waals surface area contributed by atoms with Crippen LogP contribution < -0.4 is 9.80 Å². The van der Waals surface area contributed by atoms with Crippen LogP contribution in [0.15, 0.2) is 42.7 Å². The summed E-state index contributed by atoms with van der Waals surface area (Å²) in [4.78, 5) is 22.2. The van der Waals surface area contributed by atoms with E-state index in [-0.39, 0.29) is 6.04 Å². The highest BCUT2D eigenvalue weighted by Crippen LogP contribution is 2.34. The molecule has 3 aromatic rings. The summed E-state index contributed by atoms with van der Waals surface area (Å²) in [5.74, 6) is 0.896. The van der Waals surface area contributed by atoms with E-state index in [0.717, 1.165) is 61.5 Å². The van der Waals surface area contributed by atoms with Gasteiger partial charge in [-0.2, -0.15) is 4.39 Å². The van der Waals surface area contributed by atoms with Gasteiger partial charge in [-0.1, -0.05) is 6.07 Å². The molecule has 148 valence electrons. The quantitative estimate of drug-likeness (QED) is 0.634. The number of pyridine rings is 2. The summed E-state index contributed by atoms with van der Waals surface area (Å²) in [5.41, 5.74) is 3.78. The van der Waals surface area contributed by atoms with E-state index in [1.165, 1.54) is 0 Å². The van der Waals surface area contributed by atoms with Crippen molar-refractivity contribution in [3.8, 4) is 11.5 Å². The predicted molar refractivity (Wildman–Crippen MR) is 110 cm³/mol. The molecule has 0 amide bonds. The molecule has 7 heteroatoms. The zero-order valence-corrected chi connectivity index (χ0v) is 16.4. The minimum Gasteiger partial charge on any atom is -0.371 e. The molecule has 0 radical (unpaired) electrons. The fourth-order valence-electron chi connectivity index (χ4n) is 4.27. The summed E-state index contributed by atoms with van der Waals surface area (Å²) in [6.07, 6.45) is 6.70. The highest BCUT2D eigenvalue weighted by atomic mass is 19.1. The highest BCUT2D eigenvalue weighted by molar-refractivity contribution is 5.58. The maximum atomic E-state index is 14.3. The summed E-state index contributed by atoms with van der Waals surface area (Å²) < 4.78 is 14.3. The van der Waals surface area contributed by atoms with Gasteiger partial charge in [0.2, 0.25) is 5.95 Å². The van der Waals surface area contributed by atoms with Crippen molar-refractivity contribution in [2.75, 3.05) is 29.4 Å². The second-order valence-electron chi connectivity index (χ2n) is 7.63. The van der Waals surface area contributed by atoms with E-state index in [4.69, 9.17) is 4.98 Å². The molecule has 0 spiro atoms. The summed E-state index contributed by atoms with van der Waals surface area (Å²) in [6, 6.07) is 9.31. The van der Waals surface area contributed by atoms with Gasteiger partial charge in [0.1, 0.15) is 11.5 Å². The SMILES string of the molecule is CC1c2cnc(-c3ccccn3)nc2CCN1c1cc(N2CCCC2)cc(F)n1. The Morgan fingerprint density at radius 2 is 1.90 bits per heavy atom. The second-order valence-corrected chi connectivity index (χ2v) is 7.63. The molecule has 1 unspecified atom stereocenters. The van der Waals surface area contributed by atoms with Crippen molar-refractivity contribution in [3.63, 3.8) is 0 Å². The van der Waals surface area contributed by atoms with Gasteiger partial charge < -0.3 is 9.80 Å². The predicted octanol–water partition coefficient (Wildman–Crippen LogP) is 3.80. The first-order chi connectivity index (χ1) is 14.2. The van der Waals surface area contributed by atoms with Crippen molar-refractivity contribution in [1.82, 2.24) is 19.9 Å². The minimum atomic E-state index is -0.427. The molecule has 0 bridgehead atoms. The Kier molecular flexibility index (Phi) is 4.58. The Labute approximate surface area is 169 Å². The number of rotatable bonds is 3. The van der Waals surface area contributed by atoms with Crippen LogP contribution in [0.25, 0.3) is 11.5 Å². The summed E-state index contributed by atoms with van der Waals surface area (Å²) >= 11 is 0. The fourth-order valence-corrected chi connectivity index (χ4v) is 4.27. The van der Waals surface area contributed by atoms with Crippen molar-refractivity contribution in [2.24, 2.45) is 0 Å². The molecule has 2 aliphatic rings. The van der Waals surface area contributed by atoms with Crippen molar-refractivity contribution in [3.05, 3.63) is 59.9 Å². The number of hydrogen-bond acceptors (Lipinski definition) is 6. The maximum Gasteiger partial charge on any atom is 0.216 e. The molecule has 0 aromatic carbocycles. The van der Waals surface area contributed by atoms with E-state index in [2.05, 4.69) is 31.7 Å². The molecular weight excluding hydrogens is 367 g/mol. The van der Waals surface area contributed by atoms with Crippen molar-refractivity contribution in [2.45, 2.75) is 32.2 Å². The van der Waals surface area contributed by atoms with Gasteiger partial charge in [-0.05, 0) is 31.9 Å². The third kappa shape index (κ3) is 3.41. The van der Waals surface area contributed by atoms with Crippen LogP contribution in [0.4, 0.5) is 15.9 Å². The van der Waals surface area contributed by atoms with Crippen LogP contribution in [0.1, 0.15) is 37.1 Å². The average Bonchev–Trinajstić information content (AvgIpc) is 3.29. The molecule has 29 heavy (non-hydrogen) atoms. The molecule has 5 heterocycles. The van der Waals surface area contributed by atoms with Gasteiger partial charge in [-0.15, -0.1) is 0 Å². The second kappa shape index (κ2) is 7.39. The lowest BCUT2D eigenvalue weighted by atomic mass is 9.99. The van der Waals surface area contributed by atoms with E-state index in [1.807, 2.05) is 30.5 Å². The van der Waals surface area contributed by atoms with Crippen LogP contribution >= 0.6 is 0 Å². The van der Waals surface area contributed by atoms with Gasteiger partial charge in [-0.3, -0.25) is 4.98 Å². The maximum absolute atomic E-state index is 14.3. The molecule has 2 aliphatic heterocycles. The molecular formula is C22H23FN6. The zero-order chi connectivity index (χ0) is 19.8. The van der Waals surface area contributed by atoms with Gasteiger partial charge in [0.05, 0.1) is 11.7 Å². The first-order valence-corrected chi connectivity index (χ1v) is 10.2. The molecule has 3 aromatic heterocycles. The molecule has 1 saturated heterocycles. The highest BCUT2D eigenvalue weighted by Gasteiger charge is 2.28. The number of nitrogens with zero attached hydrogens (tertiary/aromatic N) is 6. The van der Waals surface area contributed by atoms with Gasteiger partial charge in [0.15, 0.2) is 5.82 Å². The van der Waals surface area contributed by atoms with Crippen LogP contribution in [0.3, 0.4) is 0 Å².